The summed E-state index contributed by atoms with van der Waals surface area (Å²) in [4.78, 5) is 11.0. The largest absolute Gasteiger partial charge is 0.497 e. The van der Waals surface area contributed by atoms with Gasteiger partial charge in [-0.05, 0) is 29.7 Å². The van der Waals surface area contributed by atoms with E-state index in [1.807, 2.05) is 24.3 Å². The van der Waals surface area contributed by atoms with Crippen molar-refractivity contribution in [3.05, 3.63) is 77.7 Å². The van der Waals surface area contributed by atoms with Gasteiger partial charge in [-0.25, -0.2) is 9.97 Å². The van der Waals surface area contributed by atoms with Crippen molar-refractivity contribution in [3.8, 4) is 28.1 Å². The molecule has 0 aliphatic rings. The van der Waals surface area contributed by atoms with E-state index < -0.39 is 0 Å². The van der Waals surface area contributed by atoms with Crippen LogP contribution in [0.2, 0.25) is 0 Å². The summed E-state index contributed by atoms with van der Waals surface area (Å²) in [6, 6.07) is 25.1. The van der Waals surface area contributed by atoms with E-state index in [0.29, 0.717) is 0 Å². The molecule has 5 aromatic rings. The second kappa shape index (κ2) is 9.10. The van der Waals surface area contributed by atoms with Gasteiger partial charge >= 0.3 is 0 Å². The lowest BCUT2D eigenvalue weighted by atomic mass is 10.0. The van der Waals surface area contributed by atoms with Gasteiger partial charge in [0.25, 0.3) is 0 Å². The smallest absolute Gasteiger partial charge is 0.190 e. The van der Waals surface area contributed by atoms with Crippen LogP contribution in [0, 0.1) is 0 Å². The van der Waals surface area contributed by atoms with Crippen LogP contribution < -0.4 is 10.1 Å². The molecule has 0 aliphatic heterocycles. The number of benzene rings is 3. The molecule has 0 spiro atoms. The van der Waals surface area contributed by atoms with E-state index in [-0.39, 0.29) is 0 Å². The molecule has 5 rings (SSSR count). The first kappa shape index (κ1) is 20.7. The molecule has 4 nitrogen and oxygen atoms in total. The number of ether oxygens (including phenoxy) is 1. The summed E-state index contributed by atoms with van der Waals surface area (Å²) >= 11 is 3.34. The highest BCUT2D eigenvalue weighted by Gasteiger charge is 2.15. The van der Waals surface area contributed by atoms with Crippen LogP contribution in [-0.4, -0.2) is 17.1 Å². The molecule has 0 fully saturated rings. The molecule has 32 heavy (non-hydrogen) atoms. The summed E-state index contributed by atoms with van der Waals surface area (Å²) in [6.45, 7) is 2.20. The lowest BCUT2D eigenvalue weighted by molar-refractivity contribution is 0.415. The molecule has 6 heteroatoms. The predicted octanol–water partition coefficient (Wildman–Crippen LogP) is 7.79. The van der Waals surface area contributed by atoms with Crippen LogP contribution in [0.4, 0.5) is 10.3 Å². The Morgan fingerprint density at radius 2 is 1.53 bits per heavy atom. The fraction of sp³-hybridized carbons (Fsp3) is 0.154. The number of nitrogens with zero attached hydrogens (tertiary/aromatic N) is 2. The van der Waals surface area contributed by atoms with Crippen molar-refractivity contribution in [2.45, 2.75) is 19.8 Å². The van der Waals surface area contributed by atoms with Crippen molar-refractivity contribution in [2.24, 2.45) is 0 Å². The second-order valence-corrected chi connectivity index (χ2v) is 9.58. The molecular formula is C26H23N3OS2. The molecule has 0 saturated carbocycles. The van der Waals surface area contributed by atoms with Gasteiger partial charge in [-0.2, -0.15) is 0 Å². The Morgan fingerprint density at radius 3 is 2.28 bits per heavy atom. The third-order valence-corrected chi connectivity index (χ3v) is 7.23. The summed E-state index contributed by atoms with van der Waals surface area (Å²) in [7, 11) is 1.67. The van der Waals surface area contributed by atoms with Gasteiger partial charge in [0.2, 0.25) is 0 Å². The number of aryl methyl sites for hydroxylation is 1. The maximum atomic E-state index is 5.32. The van der Waals surface area contributed by atoms with Gasteiger partial charge in [0.05, 0.1) is 23.0 Å². The lowest BCUT2D eigenvalue weighted by Crippen LogP contribution is -1.89. The van der Waals surface area contributed by atoms with Crippen molar-refractivity contribution in [1.29, 1.82) is 0 Å². The van der Waals surface area contributed by atoms with Gasteiger partial charge in [-0.3, -0.25) is 0 Å². The van der Waals surface area contributed by atoms with E-state index in [4.69, 9.17) is 14.7 Å². The molecule has 160 valence electrons. The zero-order valence-electron chi connectivity index (χ0n) is 18.0. The van der Waals surface area contributed by atoms with Gasteiger partial charge < -0.3 is 10.1 Å². The highest BCUT2D eigenvalue weighted by molar-refractivity contribution is 7.22. The summed E-state index contributed by atoms with van der Waals surface area (Å²) in [6.07, 6.45) is 2.09. The number of anilines is 2. The number of nitrogens with one attached hydrogen (secondary N) is 1. The molecule has 0 bridgehead atoms. The number of aromatic nitrogens is 2. The lowest BCUT2D eigenvalue weighted by Gasteiger charge is -2.04. The molecule has 0 aliphatic carbocycles. The van der Waals surface area contributed by atoms with E-state index in [9.17, 15) is 0 Å². The highest BCUT2D eigenvalue weighted by Crippen LogP contribution is 2.36. The molecule has 0 amide bonds. The van der Waals surface area contributed by atoms with Crippen LogP contribution in [0.1, 0.15) is 18.2 Å². The number of hydrogen-bond acceptors (Lipinski definition) is 6. The quantitative estimate of drug-likeness (QED) is 0.271. The van der Waals surface area contributed by atoms with E-state index in [1.54, 1.807) is 29.8 Å². The summed E-state index contributed by atoms with van der Waals surface area (Å²) < 4.78 is 6.44. The summed E-state index contributed by atoms with van der Waals surface area (Å²) in [5.41, 5.74) is 5.57. The fourth-order valence-corrected chi connectivity index (χ4v) is 5.65. The first-order valence-electron chi connectivity index (χ1n) is 10.6. The van der Waals surface area contributed by atoms with Crippen molar-refractivity contribution < 1.29 is 4.74 Å². The molecule has 0 atom stereocenters. The average molecular weight is 458 g/mol. The second-order valence-electron chi connectivity index (χ2n) is 7.46. The normalized spacial score (nSPS) is 11.1. The molecule has 1 N–H and O–H groups in total. The first-order chi connectivity index (χ1) is 15.7. The van der Waals surface area contributed by atoms with E-state index >= 15 is 0 Å². The Labute approximate surface area is 195 Å². The van der Waals surface area contributed by atoms with Gasteiger partial charge in [0.15, 0.2) is 10.3 Å². The van der Waals surface area contributed by atoms with Crippen molar-refractivity contribution in [3.63, 3.8) is 0 Å². The van der Waals surface area contributed by atoms with Crippen LogP contribution in [-0.2, 0) is 6.42 Å². The van der Waals surface area contributed by atoms with E-state index in [2.05, 4.69) is 60.8 Å². The minimum atomic E-state index is 0.815. The third kappa shape index (κ3) is 4.24. The molecule has 0 saturated heterocycles. The summed E-state index contributed by atoms with van der Waals surface area (Å²) in [5.74, 6) is 0.815. The number of hydrogen-bond donors (Lipinski definition) is 1. The summed E-state index contributed by atoms with van der Waals surface area (Å²) in [5, 5.41) is 5.15. The Balaban J connectivity index is 1.43. The van der Waals surface area contributed by atoms with E-state index in [1.165, 1.54) is 16.0 Å². The molecular weight excluding hydrogens is 434 g/mol. The Bertz CT molecular complexity index is 1340. The van der Waals surface area contributed by atoms with Crippen molar-refractivity contribution in [1.82, 2.24) is 9.97 Å². The van der Waals surface area contributed by atoms with Crippen molar-refractivity contribution in [2.75, 3.05) is 12.4 Å². The van der Waals surface area contributed by atoms with Gasteiger partial charge in [-0.1, -0.05) is 79.3 Å². The third-order valence-electron chi connectivity index (χ3n) is 5.25. The van der Waals surface area contributed by atoms with Crippen LogP contribution >= 0.6 is 22.7 Å². The molecule has 3 aromatic carbocycles. The van der Waals surface area contributed by atoms with Crippen LogP contribution in [0.25, 0.3) is 32.6 Å². The minimum absolute atomic E-state index is 0.815. The minimum Gasteiger partial charge on any atom is -0.497 e. The number of rotatable bonds is 7. The fourth-order valence-electron chi connectivity index (χ4n) is 3.66. The maximum absolute atomic E-state index is 5.32. The number of methoxy groups -OCH3 is 1. The zero-order valence-corrected chi connectivity index (χ0v) is 19.6. The first-order valence-corrected chi connectivity index (χ1v) is 12.2. The highest BCUT2D eigenvalue weighted by atomic mass is 32.1. The Morgan fingerprint density at radius 1 is 0.812 bits per heavy atom. The van der Waals surface area contributed by atoms with Crippen LogP contribution in [0.3, 0.4) is 0 Å². The molecule has 0 unspecified atom stereocenters. The topological polar surface area (TPSA) is 47.0 Å². The predicted molar refractivity (Wildman–Crippen MR) is 136 cm³/mol. The van der Waals surface area contributed by atoms with Gasteiger partial charge in [-0.15, -0.1) is 11.3 Å². The van der Waals surface area contributed by atoms with Gasteiger partial charge in [0.1, 0.15) is 5.75 Å². The standard InChI is InChI=1S/C26H23N3OS2/c1-3-7-23-24(19-12-10-18(11-13-19)17-8-5-4-6-9-17)28-26(32-23)29-25-27-21-16-20(30-2)14-15-22(21)31-25/h4-6,8-16H,3,7H2,1-2H3,(H,27,28,29). The molecule has 2 aromatic heterocycles. The monoisotopic (exact) mass is 457 g/mol. The molecule has 0 radical (unpaired) electrons. The van der Waals surface area contributed by atoms with Crippen LogP contribution in [0.5, 0.6) is 5.75 Å². The average Bonchev–Trinajstić information content (AvgIpc) is 3.42. The van der Waals surface area contributed by atoms with Crippen LogP contribution in [0.15, 0.2) is 72.8 Å². The molecule has 2 heterocycles. The Kier molecular flexibility index (Phi) is 5.88. The number of thiazole rings is 2. The maximum Gasteiger partial charge on any atom is 0.190 e. The SMILES string of the molecule is CCCc1sc(Nc2nc3cc(OC)ccc3s2)nc1-c1ccc(-c2ccccc2)cc1. The van der Waals surface area contributed by atoms with E-state index in [0.717, 1.165) is 50.3 Å². The number of fused-ring (bicyclic) bond motifs is 1. The van der Waals surface area contributed by atoms with Crippen molar-refractivity contribution >= 4 is 43.2 Å². The Hall–Kier alpha value is -3.22. The van der Waals surface area contributed by atoms with Gasteiger partial charge in [0, 0.05) is 16.5 Å². The zero-order chi connectivity index (χ0) is 21.9.